The quantitative estimate of drug-likeness (QED) is 0.645. The van der Waals surface area contributed by atoms with Gasteiger partial charge in [-0.05, 0) is 61.5 Å². The maximum Gasteiger partial charge on any atom is 0.212 e. The molecule has 0 bridgehead atoms. The van der Waals surface area contributed by atoms with Crippen molar-refractivity contribution in [1.29, 1.82) is 0 Å². The minimum Gasteiger partial charge on any atom is -0.481 e. The lowest BCUT2D eigenvalue weighted by Crippen LogP contribution is -2.35. The zero-order chi connectivity index (χ0) is 20.9. The van der Waals surface area contributed by atoms with Crippen LogP contribution in [-0.2, 0) is 12.8 Å². The molecule has 1 fully saturated rings. The summed E-state index contributed by atoms with van der Waals surface area (Å²) in [5, 5.41) is 4.38. The van der Waals surface area contributed by atoms with Crippen molar-refractivity contribution in [1.82, 2.24) is 19.8 Å². The summed E-state index contributed by atoms with van der Waals surface area (Å²) in [4.78, 5) is 13.9. The number of methoxy groups -OCH3 is 1. The van der Waals surface area contributed by atoms with Gasteiger partial charge in [-0.2, -0.15) is 0 Å². The third kappa shape index (κ3) is 4.51. The van der Waals surface area contributed by atoms with E-state index in [4.69, 9.17) is 21.9 Å². The van der Waals surface area contributed by atoms with E-state index in [2.05, 4.69) is 45.2 Å². The molecule has 2 aromatic heterocycles. The molecule has 2 aromatic rings. The van der Waals surface area contributed by atoms with Crippen molar-refractivity contribution in [2.45, 2.75) is 45.1 Å². The minimum atomic E-state index is 0.259. The number of pyridine rings is 2. The Kier molecular flexibility index (Phi) is 6.67. The third-order valence-corrected chi connectivity index (χ3v) is 6.55. The molecule has 1 saturated heterocycles. The van der Waals surface area contributed by atoms with Crippen molar-refractivity contribution in [2.75, 3.05) is 38.6 Å². The van der Waals surface area contributed by atoms with Crippen LogP contribution in [0.1, 0.15) is 49.0 Å². The zero-order valence-corrected chi connectivity index (χ0v) is 18.7. The lowest BCUT2D eigenvalue weighted by atomic mass is 10.1. The second-order valence-electron chi connectivity index (χ2n) is 7.97. The number of nitrogens with one attached hydrogen (secondary N) is 1. The normalized spacial score (nSPS) is 16.9. The summed E-state index contributed by atoms with van der Waals surface area (Å²) in [5.74, 6) is 1.73. The highest BCUT2D eigenvalue weighted by Gasteiger charge is 2.30. The van der Waals surface area contributed by atoms with Crippen molar-refractivity contribution in [2.24, 2.45) is 0 Å². The number of thiocarbonyl (C=S) groups is 1. The van der Waals surface area contributed by atoms with Crippen LogP contribution in [0, 0.1) is 0 Å². The van der Waals surface area contributed by atoms with Crippen LogP contribution >= 0.6 is 12.2 Å². The smallest absolute Gasteiger partial charge is 0.212 e. The summed E-state index contributed by atoms with van der Waals surface area (Å²) in [6.45, 7) is 6.15. The van der Waals surface area contributed by atoms with Crippen LogP contribution in [0.3, 0.4) is 0 Å². The first-order chi connectivity index (χ1) is 14.7. The molecule has 4 heterocycles. The predicted octanol–water partition coefficient (Wildman–Crippen LogP) is 3.83. The number of aryl methyl sites for hydroxylation is 2. The fourth-order valence-corrected chi connectivity index (χ4v) is 4.80. The molecular formula is C23H31N5OS. The molecule has 0 radical (unpaired) electrons. The highest BCUT2D eigenvalue weighted by atomic mass is 32.1. The zero-order valence-electron chi connectivity index (χ0n) is 17.9. The molecule has 2 aliphatic heterocycles. The van der Waals surface area contributed by atoms with Crippen LogP contribution in [0.4, 0.5) is 5.82 Å². The fraction of sp³-hybridized carbons (Fsp3) is 0.522. The molecule has 0 spiro atoms. The Morgan fingerprint density at radius 3 is 2.90 bits per heavy atom. The van der Waals surface area contributed by atoms with Gasteiger partial charge in [0.2, 0.25) is 5.88 Å². The van der Waals surface area contributed by atoms with E-state index < -0.39 is 0 Å². The van der Waals surface area contributed by atoms with Crippen LogP contribution in [-0.4, -0.2) is 58.2 Å². The van der Waals surface area contributed by atoms with Crippen molar-refractivity contribution in [3.8, 4) is 5.88 Å². The average Bonchev–Trinajstić information content (AvgIpc) is 3.15. The van der Waals surface area contributed by atoms with Crippen molar-refractivity contribution in [3.05, 3.63) is 47.3 Å². The lowest BCUT2D eigenvalue weighted by Gasteiger charge is -2.29. The Hall–Kier alpha value is -2.41. The van der Waals surface area contributed by atoms with Gasteiger partial charge in [0.15, 0.2) is 5.11 Å². The highest BCUT2D eigenvalue weighted by Crippen LogP contribution is 2.29. The highest BCUT2D eigenvalue weighted by molar-refractivity contribution is 7.80. The van der Waals surface area contributed by atoms with Gasteiger partial charge in [0, 0.05) is 44.1 Å². The number of nitrogens with zero attached hydrogens (tertiary/aromatic N) is 4. The van der Waals surface area contributed by atoms with Gasteiger partial charge < -0.3 is 19.9 Å². The van der Waals surface area contributed by atoms with Crippen molar-refractivity contribution in [3.63, 3.8) is 0 Å². The van der Waals surface area contributed by atoms with Gasteiger partial charge in [-0.1, -0.05) is 19.1 Å². The molecule has 30 heavy (non-hydrogen) atoms. The van der Waals surface area contributed by atoms with Gasteiger partial charge in [-0.15, -0.1) is 0 Å². The molecule has 0 saturated carbocycles. The topological polar surface area (TPSA) is 53.5 Å². The molecule has 0 aliphatic carbocycles. The van der Waals surface area contributed by atoms with E-state index in [1.807, 2.05) is 12.3 Å². The summed E-state index contributed by atoms with van der Waals surface area (Å²) in [6, 6.07) is 8.70. The van der Waals surface area contributed by atoms with Crippen LogP contribution in [0.15, 0.2) is 30.5 Å². The Bertz CT molecular complexity index is 872. The molecule has 1 atom stereocenters. The van der Waals surface area contributed by atoms with Gasteiger partial charge in [-0.25, -0.2) is 9.97 Å². The summed E-state index contributed by atoms with van der Waals surface area (Å²) < 4.78 is 5.19. The average molecular weight is 426 g/mol. The van der Waals surface area contributed by atoms with Gasteiger partial charge >= 0.3 is 0 Å². The van der Waals surface area contributed by atoms with E-state index in [0.29, 0.717) is 5.88 Å². The second-order valence-corrected chi connectivity index (χ2v) is 8.33. The van der Waals surface area contributed by atoms with Gasteiger partial charge in [-0.3, -0.25) is 0 Å². The van der Waals surface area contributed by atoms with Crippen LogP contribution in [0.25, 0.3) is 0 Å². The van der Waals surface area contributed by atoms with E-state index in [0.717, 1.165) is 62.8 Å². The Morgan fingerprint density at radius 2 is 2.13 bits per heavy atom. The number of anilines is 1. The van der Waals surface area contributed by atoms with E-state index >= 15 is 0 Å². The first kappa shape index (κ1) is 20.8. The summed E-state index contributed by atoms with van der Waals surface area (Å²) in [7, 11) is 1.64. The SMILES string of the molecule is CCC(c1ccc(OC)nc1)N1CCN(CCCc2ccc3c(n2)NCCC3)C1=S. The first-order valence-corrected chi connectivity index (χ1v) is 11.4. The Morgan fingerprint density at radius 1 is 1.23 bits per heavy atom. The Balaban J connectivity index is 1.32. The second kappa shape index (κ2) is 9.60. The largest absolute Gasteiger partial charge is 0.481 e. The van der Waals surface area contributed by atoms with Gasteiger partial charge in [0.05, 0.1) is 13.2 Å². The minimum absolute atomic E-state index is 0.259. The van der Waals surface area contributed by atoms with E-state index in [-0.39, 0.29) is 6.04 Å². The summed E-state index contributed by atoms with van der Waals surface area (Å²) >= 11 is 5.84. The maximum atomic E-state index is 5.84. The number of fused-ring (bicyclic) bond motifs is 1. The van der Waals surface area contributed by atoms with Gasteiger partial charge in [0.25, 0.3) is 0 Å². The van der Waals surface area contributed by atoms with Crippen molar-refractivity contribution < 1.29 is 4.74 Å². The summed E-state index contributed by atoms with van der Waals surface area (Å²) in [5.41, 5.74) is 3.70. The van der Waals surface area contributed by atoms with E-state index in [1.165, 1.54) is 23.2 Å². The predicted molar refractivity (Wildman–Crippen MR) is 124 cm³/mol. The first-order valence-electron chi connectivity index (χ1n) is 11.0. The molecule has 0 amide bonds. The molecule has 160 valence electrons. The third-order valence-electron chi connectivity index (χ3n) is 6.06. The maximum absolute atomic E-state index is 5.84. The monoisotopic (exact) mass is 425 g/mol. The number of ether oxygens (including phenoxy) is 1. The van der Waals surface area contributed by atoms with Crippen molar-refractivity contribution >= 4 is 23.1 Å². The van der Waals surface area contributed by atoms with Crippen LogP contribution < -0.4 is 10.1 Å². The lowest BCUT2D eigenvalue weighted by molar-refractivity contribution is 0.339. The molecule has 7 heteroatoms. The number of rotatable bonds is 8. The van der Waals surface area contributed by atoms with Crippen LogP contribution in [0.5, 0.6) is 5.88 Å². The van der Waals surface area contributed by atoms with E-state index in [1.54, 1.807) is 7.11 Å². The molecule has 1 N–H and O–H groups in total. The van der Waals surface area contributed by atoms with Gasteiger partial charge in [0.1, 0.15) is 5.82 Å². The molecule has 0 aromatic carbocycles. The molecule has 1 unspecified atom stereocenters. The molecular weight excluding hydrogens is 394 g/mol. The molecule has 6 nitrogen and oxygen atoms in total. The number of aromatic nitrogens is 2. The molecule has 2 aliphatic rings. The number of hydrogen-bond donors (Lipinski definition) is 1. The fourth-order valence-electron chi connectivity index (χ4n) is 4.40. The summed E-state index contributed by atoms with van der Waals surface area (Å²) in [6.07, 6.45) is 7.27. The standard InChI is InChI=1S/C23H31N5OS/c1-3-20(18-9-11-21(29-2)25-16-18)28-15-14-27(23(28)30)13-5-7-19-10-8-17-6-4-12-24-22(17)26-19/h8-11,16,20H,3-7,12-15H2,1-2H3,(H,24,26). The van der Waals surface area contributed by atoms with E-state index in [9.17, 15) is 0 Å². The molecule has 4 rings (SSSR count). The number of hydrogen-bond acceptors (Lipinski definition) is 5. The Labute approximate surface area is 184 Å². The van der Waals surface area contributed by atoms with Crippen LogP contribution in [0.2, 0.25) is 0 Å².